The molecule has 1 saturated heterocycles. The maximum absolute atomic E-state index is 12.6. The van der Waals surface area contributed by atoms with Gasteiger partial charge in [0.2, 0.25) is 5.91 Å². The normalized spacial score (nSPS) is 15.5. The zero-order chi connectivity index (χ0) is 19.2. The third kappa shape index (κ3) is 6.55. The molecule has 0 saturated carbocycles. The summed E-state index contributed by atoms with van der Waals surface area (Å²) in [5.74, 6) is -1.62. The Morgan fingerprint density at radius 1 is 1.19 bits per heavy atom. The molecule has 1 N–H and O–H groups in total. The van der Waals surface area contributed by atoms with E-state index in [1.54, 1.807) is 0 Å². The van der Waals surface area contributed by atoms with Crippen LogP contribution in [0.15, 0.2) is 24.3 Å². The van der Waals surface area contributed by atoms with Crippen molar-refractivity contribution in [2.24, 2.45) is 0 Å². The zero-order valence-corrected chi connectivity index (χ0v) is 14.0. The molecule has 1 aromatic rings. The van der Waals surface area contributed by atoms with Crippen molar-refractivity contribution in [2.75, 3.05) is 19.8 Å². The van der Waals surface area contributed by atoms with Gasteiger partial charge in [-0.1, -0.05) is 12.1 Å². The van der Waals surface area contributed by atoms with E-state index in [9.17, 15) is 22.8 Å². The monoisotopic (exact) mass is 375 g/mol. The number of nitrogens with zero attached hydrogens (tertiary/aromatic N) is 1. The van der Waals surface area contributed by atoms with E-state index in [0.717, 1.165) is 12.1 Å². The van der Waals surface area contributed by atoms with E-state index in [1.165, 1.54) is 17.0 Å². The summed E-state index contributed by atoms with van der Waals surface area (Å²) in [4.78, 5) is 25.0. The van der Waals surface area contributed by atoms with E-state index in [0.29, 0.717) is 31.6 Å². The molecule has 1 aliphatic rings. The average Bonchev–Trinajstić information content (AvgIpc) is 2.56. The van der Waals surface area contributed by atoms with Gasteiger partial charge in [-0.05, 0) is 30.5 Å². The van der Waals surface area contributed by atoms with Crippen LogP contribution in [0.4, 0.5) is 13.2 Å². The van der Waals surface area contributed by atoms with Crippen LogP contribution in [0.5, 0.6) is 5.75 Å². The third-order valence-electron chi connectivity index (χ3n) is 4.03. The highest BCUT2D eigenvalue weighted by molar-refractivity contribution is 5.79. The van der Waals surface area contributed by atoms with Crippen LogP contribution in [-0.2, 0) is 20.7 Å². The van der Waals surface area contributed by atoms with Gasteiger partial charge in [0.15, 0.2) is 0 Å². The highest BCUT2D eigenvalue weighted by atomic mass is 19.4. The number of carbonyl (C=O) groups excluding carboxylic acids is 1. The Morgan fingerprint density at radius 2 is 1.81 bits per heavy atom. The fourth-order valence-electron chi connectivity index (χ4n) is 2.81. The number of halogens is 3. The lowest BCUT2D eigenvalue weighted by Gasteiger charge is -2.34. The van der Waals surface area contributed by atoms with Gasteiger partial charge in [-0.2, -0.15) is 0 Å². The number of carbonyl (C=O) groups is 2. The zero-order valence-electron chi connectivity index (χ0n) is 14.0. The molecule has 0 aliphatic carbocycles. The number of rotatable bonds is 7. The fourth-order valence-corrected chi connectivity index (χ4v) is 2.81. The second-order valence-corrected chi connectivity index (χ2v) is 5.94. The summed E-state index contributed by atoms with van der Waals surface area (Å²) in [6.45, 7) is 1.10. The van der Waals surface area contributed by atoms with Crippen LogP contribution >= 0.6 is 0 Å². The van der Waals surface area contributed by atoms with Crippen LogP contribution in [0.1, 0.15) is 24.8 Å². The number of hydrogen-bond acceptors (Lipinski definition) is 4. The Bertz CT molecular complexity index is 612. The van der Waals surface area contributed by atoms with Gasteiger partial charge in [0.25, 0.3) is 0 Å². The molecule has 0 unspecified atom stereocenters. The number of aliphatic carboxylic acids is 1. The van der Waals surface area contributed by atoms with Crippen molar-refractivity contribution in [3.8, 4) is 5.75 Å². The Kier molecular flexibility index (Phi) is 6.84. The number of amides is 1. The smallest absolute Gasteiger partial charge is 0.481 e. The molecule has 1 aliphatic heterocycles. The molecule has 1 amide bonds. The van der Waals surface area contributed by atoms with Gasteiger partial charge in [-0.25, -0.2) is 0 Å². The van der Waals surface area contributed by atoms with Gasteiger partial charge in [0, 0.05) is 25.8 Å². The molecule has 0 aromatic heterocycles. The molecule has 1 fully saturated rings. The van der Waals surface area contributed by atoms with E-state index in [1.807, 2.05) is 0 Å². The molecule has 0 radical (unpaired) electrons. The minimum Gasteiger partial charge on any atom is -0.481 e. The first kappa shape index (κ1) is 20.0. The lowest BCUT2D eigenvalue weighted by atomic mass is 10.0. The van der Waals surface area contributed by atoms with Crippen molar-refractivity contribution in [3.63, 3.8) is 0 Å². The van der Waals surface area contributed by atoms with Crippen molar-refractivity contribution in [1.29, 1.82) is 0 Å². The third-order valence-corrected chi connectivity index (χ3v) is 4.03. The number of carboxylic acids is 1. The number of carboxylic acid groups (broad SMARTS) is 1. The van der Waals surface area contributed by atoms with Gasteiger partial charge in [0.05, 0.1) is 12.8 Å². The van der Waals surface area contributed by atoms with Crippen LogP contribution in [0.3, 0.4) is 0 Å². The van der Waals surface area contributed by atoms with Crippen LogP contribution in [0.2, 0.25) is 0 Å². The van der Waals surface area contributed by atoms with E-state index in [-0.39, 0.29) is 37.1 Å². The average molecular weight is 375 g/mol. The molecule has 0 bridgehead atoms. The predicted octanol–water partition coefficient (Wildman–Crippen LogP) is 2.61. The van der Waals surface area contributed by atoms with Gasteiger partial charge in [0.1, 0.15) is 5.75 Å². The van der Waals surface area contributed by atoms with Gasteiger partial charge in [-0.15, -0.1) is 13.2 Å². The topological polar surface area (TPSA) is 76.1 Å². The van der Waals surface area contributed by atoms with Crippen LogP contribution in [-0.4, -0.2) is 54.0 Å². The molecular weight excluding hydrogens is 355 g/mol. The fraction of sp³-hybridized carbons (Fsp3) is 0.529. The molecule has 9 heteroatoms. The standard InChI is InChI=1S/C17H20F3NO5/c18-17(19,20)26-14-3-1-12(2-4-14)11-15(22)21(8-5-16(23)24)13-6-9-25-10-7-13/h1-4,13H,5-11H2,(H,23,24). The minimum atomic E-state index is -4.77. The molecule has 144 valence electrons. The minimum absolute atomic E-state index is 0.0245. The van der Waals surface area contributed by atoms with Gasteiger partial charge >= 0.3 is 12.3 Å². The van der Waals surface area contributed by atoms with E-state index in [4.69, 9.17) is 9.84 Å². The summed E-state index contributed by atoms with van der Waals surface area (Å²) >= 11 is 0. The van der Waals surface area contributed by atoms with Crippen molar-refractivity contribution >= 4 is 11.9 Å². The van der Waals surface area contributed by atoms with Gasteiger partial charge in [-0.3, -0.25) is 9.59 Å². The largest absolute Gasteiger partial charge is 0.573 e. The molecule has 1 aromatic carbocycles. The first-order chi connectivity index (χ1) is 12.2. The van der Waals surface area contributed by atoms with Gasteiger partial charge < -0.3 is 19.5 Å². The first-order valence-electron chi connectivity index (χ1n) is 8.18. The van der Waals surface area contributed by atoms with Crippen LogP contribution < -0.4 is 4.74 Å². The highest BCUT2D eigenvalue weighted by Gasteiger charge is 2.31. The lowest BCUT2D eigenvalue weighted by molar-refractivity contribution is -0.274. The Morgan fingerprint density at radius 3 is 2.35 bits per heavy atom. The molecular formula is C17H20F3NO5. The SMILES string of the molecule is O=C(O)CCN(C(=O)Cc1ccc(OC(F)(F)F)cc1)C1CCOCC1. The van der Waals surface area contributed by atoms with Crippen LogP contribution in [0.25, 0.3) is 0 Å². The number of alkyl halides is 3. The van der Waals surface area contributed by atoms with Crippen molar-refractivity contribution in [2.45, 2.75) is 38.1 Å². The molecule has 26 heavy (non-hydrogen) atoms. The maximum atomic E-state index is 12.6. The number of ether oxygens (including phenoxy) is 2. The quantitative estimate of drug-likeness (QED) is 0.793. The van der Waals surface area contributed by atoms with Crippen molar-refractivity contribution in [3.05, 3.63) is 29.8 Å². The van der Waals surface area contributed by atoms with Crippen molar-refractivity contribution in [1.82, 2.24) is 4.90 Å². The second kappa shape index (κ2) is 8.88. The maximum Gasteiger partial charge on any atom is 0.573 e. The summed E-state index contributed by atoms with van der Waals surface area (Å²) in [5, 5.41) is 8.89. The van der Waals surface area contributed by atoms with Crippen molar-refractivity contribution < 1.29 is 37.3 Å². The predicted molar refractivity (Wildman–Crippen MR) is 84.6 cm³/mol. The number of hydrogen-bond donors (Lipinski definition) is 1. The molecule has 0 atom stereocenters. The summed E-state index contributed by atoms with van der Waals surface area (Å²) < 4.78 is 45.6. The second-order valence-electron chi connectivity index (χ2n) is 5.94. The van der Waals surface area contributed by atoms with Crippen LogP contribution in [0, 0.1) is 0 Å². The highest BCUT2D eigenvalue weighted by Crippen LogP contribution is 2.23. The van der Waals surface area contributed by atoms with E-state index in [2.05, 4.69) is 4.74 Å². The number of benzene rings is 1. The summed E-state index contributed by atoms with van der Waals surface area (Å²) in [6.07, 6.45) is -3.70. The summed E-state index contributed by atoms with van der Waals surface area (Å²) in [6, 6.07) is 4.97. The summed E-state index contributed by atoms with van der Waals surface area (Å²) in [7, 11) is 0. The first-order valence-corrected chi connectivity index (χ1v) is 8.18. The molecule has 0 spiro atoms. The van der Waals surface area contributed by atoms with E-state index < -0.39 is 12.3 Å². The Hall–Kier alpha value is -2.29. The molecule has 1 heterocycles. The molecule has 2 rings (SSSR count). The Labute approximate surface area is 148 Å². The lowest BCUT2D eigenvalue weighted by Crippen LogP contribution is -2.45. The Balaban J connectivity index is 2.01. The van der Waals surface area contributed by atoms with E-state index >= 15 is 0 Å². The molecule has 6 nitrogen and oxygen atoms in total. The summed E-state index contributed by atoms with van der Waals surface area (Å²) in [5.41, 5.74) is 0.525.